The van der Waals surface area contributed by atoms with Crippen molar-refractivity contribution in [1.82, 2.24) is 10.2 Å². The van der Waals surface area contributed by atoms with Crippen molar-refractivity contribution in [2.75, 3.05) is 37.7 Å². The number of rotatable bonds is 2. The highest BCUT2D eigenvalue weighted by Gasteiger charge is 2.17. The van der Waals surface area contributed by atoms with Gasteiger partial charge in [0.2, 0.25) is 0 Å². The highest BCUT2D eigenvalue weighted by molar-refractivity contribution is 7.99. The van der Waals surface area contributed by atoms with Gasteiger partial charge in [-0.3, -0.25) is 0 Å². The maximum Gasteiger partial charge on any atom is 0.0285 e. The first-order valence-corrected chi connectivity index (χ1v) is 7.14. The second-order valence-electron chi connectivity index (χ2n) is 4.44. The molecule has 1 atom stereocenters. The maximum absolute atomic E-state index is 3.67. The van der Waals surface area contributed by atoms with E-state index in [-0.39, 0.29) is 0 Å². The zero-order chi connectivity index (χ0) is 9.64. The Balaban J connectivity index is 1.71. The zero-order valence-electron chi connectivity index (χ0n) is 9.00. The van der Waals surface area contributed by atoms with E-state index in [0.29, 0.717) is 0 Å². The Hall–Kier alpha value is 0.270. The van der Waals surface area contributed by atoms with Gasteiger partial charge in [0.15, 0.2) is 0 Å². The number of nitrogens with zero attached hydrogens (tertiary/aromatic N) is 1. The molecule has 0 saturated carbocycles. The van der Waals surface area contributed by atoms with Crippen LogP contribution in [-0.2, 0) is 0 Å². The quantitative estimate of drug-likeness (QED) is 0.751. The van der Waals surface area contributed by atoms with Crippen LogP contribution in [0.5, 0.6) is 0 Å². The lowest BCUT2D eigenvalue weighted by molar-refractivity contribution is 0.211. The van der Waals surface area contributed by atoms with Crippen molar-refractivity contribution in [2.24, 2.45) is 0 Å². The lowest BCUT2D eigenvalue weighted by Crippen LogP contribution is -2.44. The van der Waals surface area contributed by atoms with E-state index in [1.165, 1.54) is 63.4 Å². The third-order valence-corrected chi connectivity index (χ3v) is 4.36. The van der Waals surface area contributed by atoms with E-state index in [9.17, 15) is 0 Å². The van der Waals surface area contributed by atoms with Crippen LogP contribution in [0.4, 0.5) is 0 Å². The highest BCUT2D eigenvalue weighted by atomic mass is 32.2. The first-order valence-electron chi connectivity index (χ1n) is 5.98. The van der Waals surface area contributed by atoms with E-state index < -0.39 is 0 Å². The van der Waals surface area contributed by atoms with E-state index in [0.717, 1.165) is 6.04 Å². The van der Waals surface area contributed by atoms with E-state index in [1.54, 1.807) is 0 Å². The third kappa shape index (κ3) is 3.44. The molecule has 2 nitrogen and oxygen atoms in total. The van der Waals surface area contributed by atoms with Crippen molar-refractivity contribution in [3.8, 4) is 0 Å². The van der Waals surface area contributed by atoms with Crippen LogP contribution >= 0.6 is 11.8 Å². The summed E-state index contributed by atoms with van der Waals surface area (Å²) in [5.74, 6) is 2.67. The minimum absolute atomic E-state index is 0.751. The molecule has 0 radical (unpaired) electrons. The first-order chi connectivity index (χ1) is 6.95. The van der Waals surface area contributed by atoms with Gasteiger partial charge in [0.1, 0.15) is 0 Å². The molecule has 2 fully saturated rings. The second kappa shape index (κ2) is 5.99. The van der Waals surface area contributed by atoms with Gasteiger partial charge in [0.25, 0.3) is 0 Å². The Morgan fingerprint density at radius 3 is 2.86 bits per heavy atom. The summed E-state index contributed by atoms with van der Waals surface area (Å²) in [5, 5.41) is 3.67. The fourth-order valence-corrected chi connectivity index (χ4v) is 3.36. The van der Waals surface area contributed by atoms with Gasteiger partial charge >= 0.3 is 0 Å². The number of piperidine rings is 1. The molecular weight excluding hydrogens is 192 g/mol. The molecule has 0 aromatic rings. The lowest BCUT2D eigenvalue weighted by atomic mass is 10.1. The molecule has 0 amide bonds. The Bertz CT molecular complexity index is 149. The smallest absolute Gasteiger partial charge is 0.0285 e. The molecule has 14 heavy (non-hydrogen) atoms. The van der Waals surface area contributed by atoms with E-state index in [2.05, 4.69) is 22.0 Å². The molecule has 0 aliphatic carbocycles. The topological polar surface area (TPSA) is 15.3 Å². The van der Waals surface area contributed by atoms with Crippen LogP contribution in [0.3, 0.4) is 0 Å². The third-order valence-electron chi connectivity index (χ3n) is 3.14. The van der Waals surface area contributed by atoms with Crippen molar-refractivity contribution >= 4 is 11.8 Å². The first kappa shape index (κ1) is 10.8. The van der Waals surface area contributed by atoms with E-state index in [1.807, 2.05) is 0 Å². The average molecular weight is 214 g/mol. The van der Waals surface area contributed by atoms with Crippen LogP contribution in [0.2, 0.25) is 0 Å². The number of likely N-dealkylation sites (tertiary alicyclic amines) is 1. The molecule has 0 aromatic carbocycles. The van der Waals surface area contributed by atoms with Crippen molar-refractivity contribution in [3.63, 3.8) is 0 Å². The van der Waals surface area contributed by atoms with Crippen LogP contribution in [0.1, 0.15) is 25.7 Å². The molecule has 2 aliphatic rings. The van der Waals surface area contributed by atoms with Gasteiger partial charge in [0.05, 0.1) is 0 Å². The van der Waals surface area contributed by atoms with Crippen LogP contribution < -0.4 is 5.32 Å². The fraction of sp³-hybridized carbons (Fsp3) is 1.00. The molecule has 0 aromatic heterocycles. The second-order valence-corrected chi connectivity index (χ2v) is 5.59. The van der Waals surface area contributed by atoms with Crippen molar-refractivity contribution < 1.29 is 0 Å². The summed E-state index contributed by atoms with van der Waals surface area (Å²) in [4.78, 5) is 2.65. The van der Waals surface area contributed by atoms with Crippen LogP contribution in [-0.4, -0.2) is 48.6 Å². The maximum atomic E-state index is 3.67. The molecule has 2 saturated heterocycles. The molecule has 2 aliphatic heterocycles. The van der Waals surface area contributed by atoms with Gasteiger partial charge in [-0.25, -0.2) is 0 Å². The van der Waals surface area contributed by atoms with Gasteiger partial charge in [-0.2, -0.15) is 11.8 Å². The number of hydrogen-bond donors (Lipinski definition) is 1. The molecule has 0 bridgehead atoms. The van der Waals surface area contributed by atoms with Gasteiger partial charge < -0.3 is 10.2 Å². The van der Waals surface area contributed by atoms with Crippen molar-refractivity contribution in [2.45, 2.75) is 31.7 Å². The molecule has 2 heterocycles. The SMILES string of the molecule is C1CCN(CC2CSCCCN2)CC1. The Morgan fingerprint density at radius 1 is 1.14 bits per heavy atom. The molecule has 82 valence electrons. The van der Waals surface area contributed by atoms with Crippen LogP contribution in [0.15, 0.2) is 0 Å². The predicted octanol–water partition coefficient (Wildman–Crippen LogP) is 1.57. The van der Waals surface area contributed by atoms with Gasteiger partial charge in [-0.05, 0) is 44.6 Å². The fourth-order valence-electron chi connectivity index (χ4n) is 2.34. The zero-order valence-corrected chi connectivity index (χ0v) is 9.82. The van der Waals surface area contributed by atoms with E-state index >= 15 is 0 Å². The molecular formula is C11H22N2S. The van der Waals surface area contributed by atoms with Gasteiger partial charge in [-0.15, -0.1) is 0 Å². The summed E-state index contributed by atoms with van der Waals surface area (Å²) >= 11 is 2.12. The minimum Gasteiger partial charge on any atom is -0.312 e. The van der Waals surface area contributed by atoms with Crippen molar-refractivity contribution in [3.05, 3.63) is 0 Å². The Labute approximate surface area is 91.8 Å². The normalized spacial score (nSPS) is 31.3. The standard InChI is InChI=1S/C11H22N2S/c1-2-6-13(7-3-1)9-11-10-14-8-4-5-12-11/h11-12H,1-10H2. The molecule has 2 rings (SSSR count). The summed E-state index contributed by atoms with van der Waals surface area (Å²) in [6.07, 6.45) is 5.63. The Kier molecular flexibility index (Phi) is 4.61. The largest absolute Gasteiger partial charge is 0.312 e. The lowest BCUT2D eigenvalue weighted by Gasteiger charge is -2.30. The molecule has 1 N–H and O–H groups in total. The summed E-state index contributed by atoms with van der Waals surface area (Å²) in [7, 11) is 0. The van der Waals surface area contributed by atoms with Crippen molar-refractivity contribution in [1.29, 1.82) is 0 Å². The minimum atomic E-state index is 0.751. The summed E-state index contributed by atoms with van der Waals surface area (Å²) in [5.41, 5.74) is 0. The van der Waals surface area contributed by atoms with Gasteiger partial charge in [0, 0.05) is 18.3 Å². The summed E-state index contributed by atoms with van der Waals surface area (Å²) < 4.78 is 0. The highest BCUT2D eigenvalue weighted by Crippen LogP contribution is 2.13. The monoisotopic (exact) mass is 214 g/mol. The van der Waals surface area contributed by atoms with Crippen LogP contribution in [0, 0.1) is 0 Å². The summed E-state index contributed by atoms with van der Waals surface area (Å²) in [6, 6.07) is 0.751. The number of nitrogens with one attached hydrogen (secondary N) is 1. The average Bonchev–Trinajstić information content (AvgIpc) is 2.48. The molecule has 3 heteroatoms. The molecule has 1 unspecified atom stereocenters. The van der Waals surface area contributed by atoms with E-state index in [4.69, 9.17) is 0 Å². The number of hydrogen-bond acceptors (Lipinski definition) is 3. The summed E-state index contributed by atoms with van der Waals surface area (Å²) in [6.45, 7) is 5.18. The molecule has 0 spiro atoms. The number of thioether (sulfide) groups is 1. The van der Waals surface area contributed by atoms with Crippen LogP contribution in [0.25, 0.3) is 0 Å². The Morgan fingerprint density at radius 2 is 2.00 bits per heavy atom. The van der Waals surface area contributed by atoms with Gasteiger partial charge in [-0.1, -0.05) is 6.42 Å². The predicted molar refractivity (Wildman–Crippen MR) is 64.0 cm³/mol.